The number of rotatable bonds is 9. The highest BCUT2D eigenvalue weighted by atomic mass is 16.6. The number of amides is 1. The van der Waals surface area contributed by atoms with Gasteiger partial charge in [0.25, 0.3) is 0 Å². The van der Waals surface area contributed by atoms with Gasteiger partial charge in [0.15, 0.2) is 0 Å². The monoisotopic (exact) mass is 435 g/mol. The zero-order valence-electron chi connectivity index (χ0n) is 19.4. The Labute approximate surface area is 183 Å². The maximum atomic E-state index is 12.3. The first kappa shape index (κ1) is 26.0. The van der Waals surface area contributed by atoms with E-state index >= 15 is 0 Å². The maximum Gasteiger partial charge on any atom is 0.407 e. The van der Waals surface area contributed by atoms with Crippen LogP contribution >= 0.6 is 0 Å². The first-order valence-electron chi connectivity index (χ1n) is 10.1. The van der Waals surface area contributed by atoms with Crippen LogP contribution in [0.2, 0.25) is 0 Å². The number of benzene rings is 1. The summed E-state index contributed by atoms with van der Waals surface area (Å²) >= 11 is 0. The van der Waals surface area contributed by atoms with Gasteiger partial charge in [0.2, 0.25) is 0 Å². The van der Waals surface area contributed by atoms with Gasteiger partial charge in [-0.3, -0.25) is 0 Å². The molecule has 0 unspecified atom stereocenters. The van der Waals surface area contributed by atoms with Gasteiger partial charge in [-0.25, -0.2) is 14.4 Å². The molecule has 0 aromatic heterocycles. The van der Waals surface area contributed by atoms with Crippen LogP contribution in [0.4, 0.5) is 4.79 Å². The summed E-state index contributed by atoms with van der Waals surface area (Å²) in [5, 5.41) is 2.62. The van der Waals surface area contributed by atoms with E-state index in [0.29, 0.717) is 17.9 Å². The lowest BCUT2D eigenvalue weighted by atomic mass is 9.93. The summed E-state index contributed by atoms with van der Waals surface area (Å²) < 4.78 is 20.5. The number of hydrogen-bond donors (Lipinski definition) is 1. The molecule has 0 aliphatic rings. The zero-order valence-corrected chi connectivity index (χ0v) is 19.4. The standard InChI is InChI=1S/C23H33NO7/c1-15(2)19(21(26)29-7)18(20(25)28-6)14-16-8-10-17(11-9-16)30-13-12-24-22(27)31-23(3,4)5/h8-11,15H,12-14H2,1-7H3,(H,24,27). The molecule has 1 amide bonds. The van der Waals surface area contributed by atoms with Gasteiger partial charge in [-0.2, -0.15) is 0 Å². The van der Waals surface area contributed by atoms with Crippen molar-refractivity contribution >= 4 is 18.0 Å². The summed E-state index contributed by atoms with van der Waals surface area (Å²) in [7, 11) is 2.56. The predicted octanol–water partition coefficient (Wildman–Crippen LogP) is 3.43. The van der Waals surface area contributed by atoms with Crippen LogP contribution in [0, 0.1) is 5.92 Å². The third-order valence-corrected chi connectivity index (χ3v) is 4.08. The molecule has 0 heterocycles. The minimum atomic E-state index is -0.567. The van der Waals surface area contributed by atoms with Crippen LogP contribution in [0.5, 0.6) is 5.75 Å². The number of carbonyl (C=O) groups is 3. The van der Waals surface area contributed by atoms with Crippen LogP contribution in [0.3, 0.4) is 0 Å². The fourth-order valence-corrected chi connectivity index (χ4v) is 2.76. The number of carbonyl (C=O) groups excluding carboxylic acids is 3. The Morgan fingerprint density at radius 3 is 2.03 bits per heavy atom. The highest BCUT2D eigenvalue weighted by Gasteiger charge is 2.25. The summed E-state index contributed by atoms with van der Waals surface area (Å²) in [5.74, 6) is -0.715. The second kappa shape index (κ2) is 12.0. The molecule has 1 N–H and O–H groups in total. The van der Waals surface area contributed by atoms with E-state index in [9.17, 15) is 14.4 Å². The van der Waals surface area contributed by atoms with Gasteiger partial charge in [-0.05, 0) is 44.4 Å². The Balaban J connectivity index is 2.77. The first-order chi connectivity index (χ1) is 14.5. The van der Waals surface area contributed by atoms with Crippen molar-refractivity contribution in [3.05, 3.63) is 41.0 Å². The van der Waals surface area contributed by atoms with Crippen molar-refractivity contribution < 1.29 is 33.3 Å². The topological polar surface area (TPSA) is 100 Å². The van der Waals surface area contributed by atoms with Gasteiger partial charge >= 0.3 is 18.0 Å². The number of esters is 2. The number of nitrogens with one attached hydrogen (secondary N) is 1. The van der Waals surface area contributed by atoms with Crippen molar-refractivity contribution in [1.29, 1.82) is 0 Å². The fourth-order valence-electron chi connectivity index (χ4n) is 2.76. The highest BCUT2D eigenvalue weighted by molar-refractivity contribution is 6.00. The number of hydrogen-bond acceptors (Lipinski definition) is 7. The van der Waals surface area contributed by atoms with E-state index in [-0.39, 0.29) is 24.5 Å². The normalized spacial score (nSPS) is 12.0. The zero-order chi connectivity index (χ0) is 23.6. The van der Waals surface area contributed by atoms with Crippen LogP contribution in [0.1, 0.15) is 40.2 Å². The minimum absolute atomic E-state index is 0.207. The summed E-state index contributed by atoms with van der Waals surface area (Å²) in [4.78, 5) is 36.1. The van der Waals surface area contributed by atoms with Crippen molar-refractivity contribution in [1.82, 2.24) is 5.32 Å². The van der Waals surface area contributed by atoms with Gasteiger partial charge in [0.1, 0.15) is 18.0 Å². The summed E-state index contributed by atoms with van der Waals surface area (Å²) in [6.07, 6.45) is -0.282. The molecule has 8 heteroatoms. The SMILES string of the molecule is COC(=O)C(Cc1ccc(OCCNC(=O)OC(C)(C)C)cc1)=C(C(=O)OC)C(C)C. The summed E-state index contributed by atoms with van der Waals surface area (Å²) in [6.45, 7) is 9.58. The molecule has 0 aliphatic carbocycles. The molecule has 1 rings (SSSR count). The molecule has 0 spiro atoms. The molecule has 172 valence electrons. The van der Waals surface area contributed by atoms with Gasteiger partial charge in [-0.15, -0.1) is 0 Å². The van der Waals surface area contributed by atoms with Crippen molar-refractivity contribution in [3.8, 4) is 5.75 Å². The van der Waals surface area contributed by atoms with E-state index in [2.05, 4.69) is 5.32 Å². The van der Waals surface area contributed by atoms with Crippen LogP contribution in [-0.2, 0) is 30.2 Å². The van der Waals surface area contributed by atoms with E-state index in [1.807, 2.05) is 13.8 Å². The Kier molecular flexibility index (Phi) is 10.0. The van der Waals surface area contributed by atoms with Crippen LogP contribution in [0.25, 0.3) is 0 Å². The molecule has 0 bridgehead atoms. The molecule has 0 saturated heterocycles. The van der Waals surface area contributed by atoms with E-state index < -0.39 is 23.6 Å². The summed E-state index contributed by atoms with van der Waals surface area (Å²) in [5.41, 5.74) is 0.811. The lowest BCUT2D eigenvalue weighted by molar-refractivity contribution is -0.139. The molecule has 0 atom stereocenters. The predicted molar refractivity (Wildman–Crippen MR) is 116 cm³/mol. The molecule has 1 aromatic carbocycles. The maximum absolute atomic E-state index is 12.3. The molecular weight excluding hydrogens is 402 g/mol. The third-order valence-electron chi connectivity index (χ3n) is 4.08. The second-order valence-electron chi connectivity index (χ2n) is 8.13. The largest absolute Gasteiger partial charge is 0.492 e. The van der Waals surface area contributed by atoms with Gasteiger partial charge in [0.05, 0.1) is 31.9 Å². The Hall–Kier alpha value is -3.03. The lowest BCUT2D eigenvalue weighted by Crippen LogP contribution is -2.34. The smallest absolute Gasteiger partial charge is 0.407 e. The first-order valence-corrected chi connectivity index (χ1v) is 10.1. The number of ether oxygens (including phenoxy) is 4. The van der Waals surface area contributed by atoms with Gasteiger partial charge < -0.3 is 24.3 Å². The molecule has 8 nitrogen and oxygen atoms in total. The minimum Gasteiger partial charge on any atom is -0.492 e. The summed E-state index contributed by atoms with van der Waals surface area (Å²) in [6, 6.07) is 7.11. The molecule has 0 saturated carbocycles. The van der Waals surface area contributed by atoms with Gasteiger partial charge in [0, 0.05) is 6.42 Å². The van der Waals surface area contributed by atoms with Gasteiger partial charge in [-0.1, -0.05) is 26.0 Å². The average molecular weight is 436 g/mol. The molecule has 1 aromatic rings. The van der Waals surface area contributed by atoms with Crippen LogP contribution in [-0.4, -0.2) is 51.0 Å². The Morgan fingerprint density at radius 1 is 0.968 bits per heavy atom. The third kappa shape index (κ3) is 9.11. The number of methoxy groups -OCH3 is 2. The van der Waals surface area contributed by atoms with Crippen LogP contribution < -0.4 is 10.1 Å². The second-order valence-corrected chi connectivity index (χ2v) is 8.13. The van der Waals surface area contributed by atoms with Crippen molar-refractivity contribution in [2.45, 2.75) is 46.6 Å². The highest BCUT2D eigenvalue weighted by Crippen LogP contribution is 2.23. The van der Waals surface area contributed by atoms with Crippen molar-refractivity contribution in [2.75, 3.05) is 27.4 Å². The Bertz CT molecular complexity index is 789. The van der Waals surface area contributed by atoms with E-state index in [4.69, 9.17) is 18.9 Å². The molecule has 0 aliphatic heterocycles. The average Bonchev–Trinajstić information content (AvgIpc) is 2.69. The van der Waals surface area contributed by atoms with E-state index in [0.717, 1.165) is 5.56 Å². The quantitative estimate of drug-likeness (QED) is 0.274. The van der Waals surface area contributed by atoms with Crippen molar-refractivity contribution in [2.24, 2.45) is 5.92 Å². The molecular formula is C23H33NO7. The lowest BCUT2D eigenvalue weighted by Gasteiger charge is -2.19. The molecule has 0 fully saturated rings. The van der Waals surface area contributed by atoms with E-state index in [1.165, 1.54) is 14.2 Å². The number of alkyl carbamates (subject to hydrolysis) is 1. The Morgan fingerprint density at radius 2 is 1.55 bits per heavy atom. The fraction of sp³-hybridized carbons (Fsp3) is 0.522. The van der Waals surface area contributed by atoms with Crippen molar-refractivity contribution in [3.63, 3.8) is 0 Å². The molecule has 31 heavy (non-hydrogen) atoms. The van der Waals surface area contributed by atoms with E-state index in [1.54, 1.807) is 45.0 Å². The van der Waals surface area contributed by atoms with Crippen LogP contribution in [0.15, 0.2) is 35.4 Å². The molecule has 0 radical (unpaired) electrons.